The molecule has 1 aliphatic rings. The van der Waals surface area contributed by atoms with Gasteiger partial charge in [-0.05, 0) is 38.4 Å². The van der Waals surface area contributed by atoms with Gasteiger partial charge >= 0.3 is 0 Å². The molecule has 0 amide bonds. The third-order valence-electron chi connectivity index (χ3n) is 3.91. The van der Waals surface area contributed by atoms with Crippen LogP contribution in [0.2, 0.25) is 0 Å². The molecule has 1 fully saturated rings. The van der Waals surface area contributed by atoms with E-state index in [1.165, 1.54) is 37.8 Å². The Labute approximate surface area is 122 Å². The van der Waals surface area contributed by atoms with Crippen molar-refractivity contribution in [3.8, 4) is 5.88 Å². The van der Waals surface area contributed by atoms with Crippen LogP contribution in [0.15, 0.2) is 18.3 Å². The van der Waals surface area contributed by atoms with E-state index in [2.05, 4.69) is 28.2 Å². The summed E-state index contributed by atoms with van der Waals surface area (Å²) >= 11 is 0. The molecule has 4 heteroatoms. The van der Waals surface area contributed by atoms with Gasteiger partial charge in [-0.3, -0.25) is 4.90 Å². The van der Waals surface area contributed by atoms with Gasteiger partial charge in [-0.1, -0.05) is 19.4 Å². The second-order valence-electron chi connectivity index (χ2n) is 5.55. The third-order valence-corrected chi connectivity index (χ3v) is 3.91. The molecule has 112 valence electrons. The van der Waals surface area contributed by atoms with Gasteiger partial charge < -0.3 is 10.1 Å². The molecule has 4 nitrogen and oxygen atoms in total. The summed E-state index contributed by atoms with van der Waals surface area (Å²) in [5.74, 6) is 0.758. The molecule has 1 unspecified atom stereocenters. The van der Waals surface area contributed by atoms with Crippen molar-refractivity contribution in [3.63, 3.8) is 0 Å². The van der Waals surface area contributed by atoms with Crippen molar-refractivity contribution in [3.05, 3.63) is 23.9 Å². The summed E-state index contributed by atoms with van der Waals surface area (Å²) in [6.45, 7) is 6.61. The van der Waals surface area contributed by atoms with Crippen LogP contribution >= 0.6 is 0 Å². The summed E-state index contributed by atoms with van der Waals surface area (Å²) in [4.78, 5) is 6.83. The average molecular weight is 277 g/mol. The fourth-order valence-corrected chi connectivity index (χ4v) is 2.81. The Kier molecular flexibility index (Phi) is 6.27. The molecular formula is C16H27N3O. The number of aromatic nitrogens is 1. The lowest BCUT2D eigenvalue weighted by atomic mass is 10.1. The topological polar surface area (TPSA) is 37.4 Å². The number of methoxy groups -OCH3 is 1. The fraction of sp³-hybridized carbons (Fsp3) is 0.688. The van der Waals surface area contributed by atoms with Crippen molar-refractivity contribution >= 4 is 0 Å². The Morgan fingerprint density at radius 2 is 2.40 bits per heavy atom. The van der Waals surface area contributed by atoms with Gasteiger partial charge in [0.1, 0.15) is 0 Å². The highest BCUT2D eigenvalue weighted by atomic mass is 16.5. The van der Waals surface area contributed by atoms with Gasteiger partial charge in [0.15, 0.2) is 0 Å². The molecule has 0 bridgehead atoms. The van der Waals surface area contributed by atoms with Gasteiger partial charge in [0.2, 0.25) is 5.88 Å². The van der Waals surface area contributed by atoms with E-state index in [0.717, 1.165) is 25.5 Å². The van der Waals surface area contributed by atoms with E-state index in [1.54, 1.807) is 13.3 Å². The summed E-state index contributed by atoms with van der Waals surface area (Å²) < 4.78 is 5.37. The van der Waals surface area contributed by atoms with Crippen LogP contribution in [0.3, 0.4) is 0 Å². The summed E-state index contributed by atoms with van der Waals surface area (Å²) in [7, 11) is 1.70. The lowest BCUT2D eigenvalue weighted by Gasteiger charge is -2.26. The number of pyridine rings is 1. The smallest absolute Gasteiger partial charge is 0.217 e. The average Bonchev–Trinajstić information content (AvgIpc) is 2.98. The number of rotatable bonds is 8. The maximum absolute atomic E-state index is 5.37. The van der Waals surface area contributed by atoms with E-state index in [1.807, 2.05) is 6.07 Å². The van der Waals surface area contributed by atoms with Crippen LogP contribution in [0, 0.1) is 0 Å². The predicted molar refractivity (Wildman–Crippen MR) is 82.0 cm³/mol. The number of nitrogens with zero attached hydrogens (tertiary/aromatic N) is 2. The Bertz CT molecular complexity index is 391. The van der Waals surface area contributed by atoms with Crippen LogP contribution < -0.4 is 10.1 Å². The van der Waals surface area contributed by atoms with Gasteiger partial charge in [-0.15, -0.1) is 0 Å². The molecule has 0 saturated carbocycles. The van der Waals surface area contributed by atoms with Crippen molar-refractivity contribution in [2.75, 3.05) is 26.7 Å². The minimum atomic E-state index is 0.648. The monoisotopic (exact) mass is 277 g/mol. The molecule has 2 rings (SSSR count). The molecular weight excluding hydrogens is 250 g/mol. The molecule has 0 aromatic carbocycles. The van der Waals surface area contributed by atoms with Gasteiger partial charge in [-0.25, -0.2) is 4.98 Å². The quantitative estimate of drug-likeness (QED) is 0.792. The van der Waals surface area contributed by atoms with Crippen LogP contribution in [-0.4, -0.2) is 42.7 Å². The molecule has 0 radical (unpaired) electrons. The highest BCUT2D eigenvalue weighted by Crippen LogP contribution is 2.17. The van der Waals surface area contributed by atoms with Gasteiger partial charge in [-0.2, -0.15) is 0 Å². The van der Waals surface area contributed by atoms with E-state index in [4.69, 9.17) is 4.74 Å². The standard InChI is InChI=1S/C16H27N3O/c1-3-4-11-19(13-15-8-6-9-17-15)12-14-7-5-10-18-16(14)20-2/h5,7,10,15,17H,3-4,6,8-9,11-13H2,1-2H3. The zero-order valence-electron chi connectivity index (χ0n) is 12.8. The summed E-state index contributed by atoms with van der Waals surface area (Å²) in [6.07, 6.45) is 6.88. The maximum atomic E-state index is 5.37. The molecule has 1 saturated heterocycles. The number of hydrogen-bond acceptors (Lipinski definition) is 4. The number of unbranched alkanes of at least 4 members (excludes halogenated alkanes) is 1. The van der Waals surface area contributed by atoms with E-state index >= 15 is 0 Å². The zero-order chi connectivity index (χ0) is 14.2. The first kappa shape index (κ1) is 15.3. The van der Waals surface area contributed by atoms with E-state index in [0.29, 0.717) is 6.04 Å². The second kappa shape index (κ2) is 8.22. The molecule has 1 aromatic rings. The number of hydrogen-bond donors (Lipinski definition) is 1. The molecule has 1 aliphatic heterocycles. The Morgan fingerprint density at radius 1 is 1.50 bits per heavy atom. The largest absolute Gasteiger partial charge is 0.481 e. The molecule has 0 aliphatic carbocycles. The summed E-state index contributed by atoms with van der Waals surface area (Å²) in [5, 5.41) is 3.59. The first-order chi connectivity index (χ1) is 9.83. The first-order valence-corrected chi connectivity index (χ1v) is 7.77. The minimum absolute atomic E-state index is 0.648. The number of ether oxygens (including phenoxy) is 1. The van der Waals surface area contributed by atoms with Gasteiger partial charge in [0.05, 0.1) is 7.11 Å². The highest BCUT2D eigenvalue weighted by Gasteiger charge is 2.18. The predicted octanol–water partition coefficient (Wildman–Crippen LogP) is 2.44. The van der Waals surface area contributed by atoms with Crippen molar-refractivity contribution < 1.29 is 4.74 Å². The molecule has 0 spiro atoms. The van der Waals surface area contributed by atoms with E-state index < -0.39 is 0 Å². The van der Waals surface area contributed by atoms with Crippen LogP contribution in [0.5, 0.6) is 5.88 Å². The molecule has 2 heterocycles. The van der Waals surface area contributed by atoms with Gasteiger partial charge in [0.25, 0.3) is 0 Å². The SMILES string of the molecule is CCCCN(Cc1cccnc1OC)CC1CCCN1. The van der Waals surface area contributed by atoms with E-state index in [-0.39, 0.29) is 0 Å². The Hall–Kier alpha value is -1.13. The third kappa shape index (κ3) is 4.46. The first-order valence-electron chi connectivity index (χ1n) is 7.77. The zero-order valence-corrected chi connectivity index (χ0v) is 12.8. The van der Waals surface area contributed by atoms with Crippen LogP contribution in [0.4, 0.5) is 0 Å². The normalized spacial score (nSPS) is 18.6. The van der Waals surface area contributed by atoms with Crippen molar-refractivity contribution in [1.29, 1.82) is 0 Å². The van der Waals surface area contributed by atoms with E-state index in [9.17, 15) is 0 Å². The van der Waals surface area contributed by atoms with Crippen LogP contribution in [-0.2, 0) is 6.54 Å². The maximum Gasteiger partial charge on any atom is 0.217 e. The Balaban J connectivity index is 1.97. The molecule has 20 heavy (non-hydrogen) atoms. The summed E-state index contributed by atoms with van der Waals surface area (Å²) in [6, 6.07) is 4.76. The van der Waals surface area contributed by atoms with Crippen molar-refractivity contribution in [2.24, 2.45) is 0 Å². The van der Waals surface area contributed by atoms with Crippen molar-refractivity contribution in [1.82, 2.24) is 15.2 Å². The number of nitrogens with one attached hydrogen (secondary N) is 1. The molecule has 1 N–H and O–H groups in total. The van der Waals surface area contributed by atoms with Crippen LogP contribution in [0.1, 0.15) is 38.2 Å². The lowest BCUT2D eigenvalue weighted by molar-refractivity contribution is 0.233. The fourth-order valence-electron chi connectivity index (χ4n) is 2.81. The van der Waals surface area contributed by atoms with Crippen molar-refractivity contribution in [2.45, 2.75) is 45.2 Å². The molecule has 1 atom stereocenters. The van der Waals surface area contributed by atoms with Gasteiger partial charge in [0, 0.05) is 30.9 Å². The Morgan fingerprint density at radius 3 is 3.10 bits per heavy atom. The molecule has 1 aromatic heterocycles. The lowest BCUT2D eigenvalue weighted by Crippen LogP contribution is -2.37. The second-order valence-corrected chi connectivity index (χ2v) is 5.55. The minimum Gasteiger partial charge on any atom is -0.481 e. The van der Waals surface area contributed by atoms with Crippen LogP contribution in [0.25, 0.3) is 0 Å². The highest BCUT2D eigenvalue weighted by molar-refractivity contribution is 5.25. The summed E-state index contributed by atoms with van der Waals surface area (Å²) in [5.41, 5.74) is 1.18.